The van der Waals surface area contributed by atoms with Crippen LogP contribution in [0.25, 0.3) is 6.08 Å². The molecule has 3 aliphatic heterocycles. The van der Waals surface area contributed by atoms with Crippen LogP contribution in [0.3, 0.4) is 0 Å². The summed E-state index contributed by atoms with van der Waals surface area (Å²) in [5, 5.41) is 10.7. The lowest BCUT2D eigenvalue weighted by molar-refractivity contribution is -0.151. The predicted molar refractivity (Wildman–Crippen MR) is 197 cm³/mol. The third-order valence-corrected chi connectivity index (χ3v) is 10.6. The molecule has 0 aliphatic carbocycles. The Balaban J connectivity index is 1.30. The van der Waals surface area contributed by atoms with Gasteiger partial charge in [-0.1, -0.05) is 26.0 Å². The number of hydrogen-bond donors (Lipinski definition) is 1. The van der Waals surface area contributed by atoms with Crippen LogP contribution in [0, 0.1) is 17.7 Å². The molecule has 5 rings (SSSR count). The summed E-state index contributed by atoms with van der Waals surface area (Å²) < 4.78 is 28.9. The number of halogens is 1. The summed E-state index contributed by atoms with van der Waals surface area (Å²) in [5.41, 5.74) is 2.46. The Morgan fingerprint density at radius 3 is 2.38 bits per heavy atom. The molecule has 4 heterocycles. The van der Waals surface area contributed by atoms with E-state index >= 15 is 4.39 Å². The van der Waals surface area contributed by atoms with Gasteiger partial charge in [-0.25, -0.2) is 14.2 Å². The van der Waals surface area contributed by atoms with Gasteiger partial charge in [-0.05, 0) is 81.0 Å². The van der Waals surface area contributed by atoms with Crippen molar-refractivity contribution >= 4 is 29.7 Å². The number of benzene rings is 1. The highest BCUT2D eigenvalue weighted by Crippen LogP contribution is 2.29. The summed E-state index contributed by atoms with van der Waals surface area (Å²) in [7, 11) is 5.80. The number of aromatic nitrogens is 2. The van der Waals surface area contributed by atoms with Crippen molar-refractivity contribution in [2.75, 3.05) is 58.3 Å². The summed E-state index contributed by atoms with van der Waals surface area (Å²) >= 11 is 0. The number of likely N-dealkylation sites (N-methyl/N-ethyl adjacent to an activating group) is 1. The molecule has 52 heavy (non-hydrogen) atoms. The largest absolute Gasteiger partial charge is 0.457 e. The Labute approximate surface area is 306 Å². The minimum absolute atomic E-state index is 0.0851. The molecule has 0 radical (unpaired) electrons. The summed E-state index contributed by atoms with van der Waals surface area (Å²) in [4.78, 5) is 51.0. The molecule has 5 atom stereocenters. The third-order valence-electron chi connectivity index (χ3n) is 10.6. The number of cyclic esters (lactones) is 1. The fraction of sp³-hybridized carbons (Fsp3) is 0.590. The van der Waals surface area contributed by atoms with Crippen LogP contribution >= 0.6 is 0 Å². The maximum absolute atomic E-state index is 15.1. The second-order valence-electron chi connectivity index (χ2n) is 14.9. The van der Waals surface area contributed by atoms with Gasteiger partial charge in [-0.15, -0.1) is 0 Å². The minimum Gasteiger partial charge on any atom is -0.457 e. The van der Waals surface area contributed by atoms with E-state index in [9.17, 15) is 19.5 Å². The van der Waals surface area contributed by atoms with Crippen molar-refractivity contribution in [3.63, 3.8) is 0 Å². The maximum Gasteiger partial charge on any atom is 0.410 e. The number of piperazine rings is 1. The highest BCUT2D eigenvalue weighted by atomic mass is 19.1. The molecule has 0 spiro atoms. The number of carbonyl (C=O) groups is 3. The topological polar surface area (TPSA) is 121 Å². The number of rotatable bonds is 6. The number of imidazole rings is 1. The lowest BCUT2D eigenvalue weighted by Crippen LogP contribution is -2.48. The first-order valence-corrected chi connectivity index (χ1v) is 18.5. The van der Waals surface area contributed by atoms with E-state index in [1.807, 2.05) is 71.1 Å². The van der Waals surface area contributed by atoms with E-state index in [1.165, 1.54) is 12.1 Å². The first kappa shape index (κ1) is 39.0. The van der Waals surface area contributed by atoms with E-state index in [0.717, 1.165) is 25.9 Å². The normalized spacial score (nSPS) is 26.6. The molecular formula is C39H55FN6O6. The molecular weight excluding hydrogens is 667 g/mol. The average Bonchev–Trinajstić information content (AvgIpc) is 3.56. The van der Waals surface area contributed by atoms with E-state index in [1.54, 1.807) is 22.0 Å². The number of carbonyl (C=O) groups excluding carboxylic acids is 3. The monoisotopic (exact) mass is 722 g/mol. The Morgan fingerprint density at radius 1 is 1.00 bits per heavy atom. The van der Waals surface area contributed by atoms with Gasteiger partial charge in [0.2, 0.25) is 0 Å². The molecule has 1 aromatic heterocycles. The number of likely N-dealkylation sites (tertiary alicyclic amines) is 1. The zero-order chi connectivity index (χ0) is 37.5. The molecule has 2 amide bonds. The van der Waals surface area contributed by atoms with Crippen molar-refractivity contribution in [1.29, 1.82) is 0 Å². The van der Waals surface area contributed by atoms with Crippen LogP contribution in [0.4, 0.5) is 14.9 Å². The van der Waals surface area contributed by atoms with Crippen LogP contribution < -0.4 is 4.90 Å². The highest BCUT2D eigenvalue weighted by molar-refractivity contribution is 5.92. The predicted octanol–water partition coefficient (Wildman–Crippen LogP) is 4.74. The van der Waals surface area contributed by atoms with Crippen molar-refractivity contribution in [3.8, 4) is 0 Å². The fourth-order valence-electron chi connectivity index (χ4n) is 7.21. The number of piperidine rings is 1. The van der Waals surface area contributed by atoms with E-state index in [-0.39, 0.29) is 36.3 Å². The van der Waals surface area contributed by atoms with Crippen LogP contribution in [0.1, 0.15) is 68.9 Å². The number of ether oxygens (including phenoxy) is 2. The van der Waals surface area contributed by atoms with Gasteiger partial charge >= 0.3 is 12.1 Å². The molecule has 2 aromatic rings. The number of amides is 2. The Hall–Kier alpha value is -4.23. The number of anilines is 1. The van der Waals surface area contributed by atoms with Gasteiger partial charge < -0.3 is 38.7 Å². The zero-order valence-corrected chi connectivity index (χ0v) is 31.4. The van der Waals surface area contributed by atoms with E-state index in [2.05, 4.69) is 14.8 Å². The number of aliphatic hydroxyl groups excluding tert-OH is 1. The van der Waals surface area contributed by atoms with Gasteiger partial charge in [0.15, 0.2) is 0 Å². The lowest BCUT2D eigenvalue weighted by Gasteiger charge is -2.37. The lowest BCUT2D eigenvalue weighted by atomic mass is 9.91. The van der Waals surface area contributed by atoms with Crippen molar-refractivity contribution < 1.29 is 33.4 Å². The van der Waals surface area contributed by atoms with Gasteiger partial charge in [0.25, 0.3) is 5.91 Å². The Morgan fingerprint density at radius 2 is 1.71 bits per heavy atom. The summed E-state index contributed by atoms with van der Waals surface area (Å²) in [6.45, 7) is 9.68. The fourth-order valence-corrected chi connectivity index (χ4v) is 7.21. The van der Waals surface area contributed by atoms with Crippen molar-refractivity contribution in [3.05, 3.63) is 65.5 Å². The van der Waals surface area contributed by atoms with Crippen LogP contribution in [0.5, 0.6) is 0 Å². The zero-order valence-electron chi connectivity index (χ0n) is 31.4. The first-order chi connectivity index (χ1) is 24.8. The summed E-state index contributed by atoms with van der Waals surface area (Å²) in [5.74, 6) is -1.39. The molecule has 2 saturated heterocycles. The molecule has 2 fully saturated rings. The summed E-state index contributed by atoms with van der Waals surface area (Å²) in [6, 6.07) is 4.98. The van der Waals surface area contributed by atoms with Crippen molar-refractivity contribution in [1.82, 2.24) is 24.3 Å². The summed E-state index contributed by atoms with van der Waals surface area (Å²) in [6.07, 6.45) is 8.70. The highest BCUT2D eigenvalue weighted by Gasteiger charge is 2.30. The first-order valence-electron chi connectivity index (χ1n) is 18.5. The van der Waals surface area contributed by atoms with E-state index < -0.39 is 30.1 Å². The Kier molecular flexibility index (Phi) is 13.1. The van der Waals surface area contributed by atoms with Gasteiger partial charge in [0, 0.05) is 77.2 Å². The smallest absolute Gasteiger partial charge is 0.410 e. The molecule has 0 bridgehead atoms. The maximum atomic E-state index is 15.1. The minimum atomic E-state index is -0.895. The number of nitrogens with zero attached hydrogens (tertiary/aromatic N) is 6. The average molecular weight is 723 g/mol. The second kappa shape index (κ2) is 17.5. The Bertz CT molecular complexity index is 1610. The SMILES string of the molecule is C/C(=C\c1cc(F)cc(N(C)C2CCN(C(=O)c3cn(C)cn3)CC2)c1)[C@H]1OC(=O)C[C@H](O)CC[C@H](C)[C@@H](OC(=O)N2CCN(C)CC2)/C=C/[C@@H]1C. The quantitative estimate of drug-likeness (QED) is 0.333. The molecule has 12 nitrogen and oxygen atoms in total. The van der Waals surface area contributed by atoms with Gasteiger partial charge in [-0.2, -0.15) is 0 Å². The van der Waals surface area contributed by atoms with Crippen LogP contribution in [-0.2, 0) is 21.3 Å². The van der Waals surface area contributed by atoms with Gasteiger partial charge in [0.1, 0.15) is 23.7 Å². The second-order valence-corrected chi connectivity index (χ2v) is 14.9. The van der Waals surface area contributed by atoms with Gasteiger partial charge in [-0.3, -0.25) is 9.59 Å². The van der Waals surface area contributed by atoms with Gasteiger partial charge in [0.05, 0.1) is 18.9 Å². The number of aryl methyl sites for hydroxylation is 1. The standard InChI is InChI=1S/C39H55FN6O6/c1-26-7-9-33(47)23-36(48)52-37(27(2)8-10-35(26)51-39(50)46-17-15-42(4)16-18-46)28(3)19-29-20-30(40)22-32(21-29)44(6)31-11-13-45(14-12-31)38(49)34-24-43(5)25-41-34/h8,10,19-22,24-27,31,33,35,37,47H,7,9,11-18,23H2,1-6H3/b10-8+,28-19+/t26-,27-,33+,35-,37-/m0/s1. The number of hydrogen-bond acceptors (Lipinski definition) is 9. The third kappa shape index (κ3) is 10.2. The van der Waals surface area contributed by atoms with E-state index in [0.29, 0.717) is 61.5 Å². The van der Waals surface area contributed by atoms with E-state index in [4.69, 9.17) is 9.47 Å². The molecule has 284 valence electrons. The molecule has 3 aliphatic rings. The van der Waals surface area contributed by atoms with Crippen LogP contribution in [0.2, 0.25) is 0 Å². The number of esters is 1. The molecule has 13 heteroatoms. The molecule has 0 unspecified atom stereocenters. The van der Waals surface area contributed by atoms with Crippen LogP contribution in [-0.4, -0.2) is 125 Å². The van der Waals surface area contributed by atoms with Crippen molar-refractivity contribution in [2.24, 2.45) is 18.9 Å². The number of aliphatic hydroxyl groups is 1. The molecule has 1 aromatic carbocycles. The van der Waals surface area contributed by atoms with Crippen LogP contribution in [0.15, 0.2) is 48.4 Å². The van der Waals surface area contributed by atoms with Crippen molar-refractivity contribution in [2.45, 2.75) is 77.2 Å². The molecule has 0 saturated carbocycles. The molecule has 1 N–H and O–H groups in total.